The van der Waals surface area contributed by atoms with Crippen LogP contribution in [0.3, 0.4) is 0 Å². The van der Waals surface area contributed by atoms with Gasteiger partial charge in [0.2, 0.25) is 0 Å². The first kappa shape index (κ1) is 16.5. The number of rotatable bonds is 4. The van der Waals surface area contributed by atoms with E-state index in [1.807, 2.05) is 12.3 Å². The summed E-state index contributed by atoms with van der Waals surface area (Å²) >= 11 is 0. The van der Waals surface area contributed by atoms with Crippen LogP contribution < -0.4 is 5.32 Å². The molecule has 1 saturated heterocycles. The van der Waals surface area contributed by atoms with Crippen LogP contribution in [-0.2, 0) is 6.54 Å². The molecule has 4 aromatic rings. The average Bonchev–Trinajstić information content (AvgIpc) is 3.35. The van der Waals surface area contributed by atoms with Crippen LogP contribution in [0.15, 0.2) is 42.6 Å². The predicted molar refractivity (Wildman–Crippen MR) is 110 cm³/mol. The molecule has 3 aromatic heterocycles. The quantitative estimate of drug-likeness (QED) is 0.572. The van der Waals surface area contributed by atoms with Crippen LogP contribution in [-0.4, -0.2) is 32.6 Å². The highest BCUT2D eigenvalue weighted by molar-refractivity contribution is 6.04. The number of aromatic nitrogens is 4. The third-order valence-corrected chi connectivity index (χ3v) is 5.82. The van der Waals surface area contributed by atoms with E-state index in [1.165, 1.54) is 30.2 Å². The first-order valence-corrected chi connectivity index (χ1v) is 9.91. The highest BCUT2D eigenvalue weighted by Gasteiger charge is 2.20. The van der Waals surface area contributed by atoms with Crippen molar-refractivity contribution in [2.45, 2.75) is 32.7 Å². The van der Waals surface area contributed by atoms with Gasteiger partial charge in [0.1, 0.15) is 5.52 Å². The van der Waals surface area contributed by atoms with E-state index in [9.17, 15) is 0 Å². The molecule has 5 rings (SSSR count). The second kappa shape index (κ2) is 6.82. The molecule has 0 saturated carbocycles. The zero-order valence-electron chi connectivity index (χ0n) is 15.7. The monoisotopic (exact) mass is 359 g/mol. The lowest BCUT2D eigenvalue weighted by Crippen LogP contribution is -2.28. The van der Waals surface area contributed by atoms with Gasteiger partial charge in [-0.3, -0.25) is 4.98 Å². The average molecular weight is 359 g/mol. The van der Waals surface area contributed by atoms with E-state index in [0.717, 1.165) is 53.8 Å². The van der Waals surface area contributed by atoms with Crippen LogP contribution in [0.2, 0.25) is 0 Å². The summed E-state index contributed by atoms with van der Waals surface area (Å²) in [5, 5.41) is 4.66. The highest BCUT2D eigenvalue weighted by Crippen LogP contribution is 2.32. The number of hydrogen-bond donors (Lipinski definition) is 2. The predicted octanol–water partition coefficient (Wildman–Crippen LogP) is 4.28. The molecule has 2 N–H and O–H groups in total. The molecular formula is C22H25N5. The molecule has 0 atom stereocenters. The molecule has 1 aliphatic heterocycles. The molecule has 5 heteroatoms. The minimum absolute atomic E-state index is 0.786. The van der Waals surface area contributed by atoms with Crippen LogP contribution in [0.4, 0.5) is 0 Å². The van der Waals surface area contributed by atoms with Crippen molar-refractivity contribution in [1.82, 2.24) is 24.8 Å². The van der Waals surface area contributed by atoms with Crippen molar-refractivity contribution in [3.8, 4) is 11.5 Å². The molecule has 0 radical (unpaired) electrons. The van der Waals surface area contributed by atoms with E-state index in [4.69, 9.17) is 9.97 Å². The number of hydrogen-bond acceptors (Lipinski definition) is 3. The maximum absolute atomic E-state index is 5.03. The fraction of sp³-hybridized carbons (Fsp3) is 0.364. The first-order chi connectivity index (χ1) is 13.3. The third kappa shape index (κ3) is 2.92. The number of aryl methyl sites for hydroxylation is 2. The molecule has 1 fully saturated rings. The second-order valence-electron chi connectivity index (χ2n) is 7.56. The smallest absolute Gasteiger partial charge is 0.157 e. The molecule has 5 nitrogen and oxygen atoms in total. The third-order valence-electron chi connectivity index (χ3n) is 5.82. The van der Waals surface area contributed by atoms with E-state index in [2.05, 4.69) is 52.1 Å². The van der Waals surface area contributed by atoms with Gasteiger partial charge in [-0.25, -0.2) is 4.98 Å². The Labute approximate surface area is 158 Å². The van der Waals surface area contributed by atoms with Crippen molar-refractivity contribution in [1.29, 1.82) is 0 Å². The number of fused-ring (bicyclic) bond motifs is 3. The van der Waals surface area contributed by atoms with Crippen molar-refractivity contribution in [3.05, 3.63) is 48.3 Å². The Morgan fingerprint density at radius 3 is 2.74 bits per heavy atom. The number of piperidine rings is 1. The number of nitrogens with one attached hydrogen (secondary N) is 2. The Balaban J connectivity index is 1.68. The lowest BCUT2D eigenvalue weighted by molar-refractivity contribution is 0.340. The topological polar surface area (TPSA) is 58.5 Å². The van der Waals surface area contributed by atoms with Crippen LogP contribution >= 0.6 is 0 Å². The van der Waals surface area contributed by atoms with Gasteiger partial charge in [0.05, 0.1) is 22.4 Å². The van der Waals surface area contributed by atoms with E-state index in [-0.39, 0.29) is 0 Å². The van der Waals surface area contributed by atoms with E-state index < -0.39 is 0 Å². The van der Waals surface area contributed by atoms with Crippen LogP contribution in [0.1, 0.15) is 25.0 Å². The molecule has 0 aliphatic carbocycles. The number of pyridine rings is 1. The maximum atomic E-state index is 5.03. The Bertz CT molecular complexity index is 1070. The van der Waals surface area contributed by atoms with Gasteiger partial charge in [-0.05, 0) is 63.4 Å². The summed E-state index contributed by atoms with van der Waals surface area (Å²) in [5.74, 6) is 1.81. The molecule has 4 heterocycles. The minimum atomic E-state index is 0.786. The van der Waals surface area contributed by atoms with E-state index >= 15 is 0 Å². The normalized spacial score (nSPS) is 15.7. The first-order valence-electron chi connectivity index (χ1n) is 9.91. The number of nitrogens with zero attached hydrogens (tertiary/aromatic N) is 3. The molecule has 0 bridgehead atoms. The SMILES string of the molecule is Cc1nc2ccccc2c2c1nc(-c1ccc[nH]1)n2CCC1CCNCC1. The fourth-order valence-corrected chi connectivity index (χ4v) is 4.36. The van der Waals surface area contributed by atoms with Gasteiger partial charge in [0, 0.05) is 18.1 Å². The molecular weight excluding hydrogens is 334 g/mol. The van der Waals surface area contributed by atoms with E-state index in [1.54, 1.807) is 0 Å². The number of para-hydroxylation sites is 1. The Hall–Kier alpha value is -2.66. The van der Waals surface area contributed by atoms with Gasteiger partial charge in [-0.15, -0.1) is 0 Å². The molecule has 0 amide bonds. The maximum Gasteiger partial charge on any atom is 0.157 e. The molecule has 27 heavy (non-hydrogen) atoms. The second-order valence-corrected chi connectivity index (χ2v) is 7.56. The van der Waals surface area contributed by atoms with Crippen LogP contribution in [0, 0.1) is 12.8 Å². The van der Waals surface area contributed by atoms with Crippen molar-refractivity contribution < 1.29 is 0 Å². The largest absolute Gasteiger partial charge is 0.359 e. The minimum Gasteiger partial charge on any atom is -0.359 e. The van der Waals surface area contributed by atoms with Gasteiger partial charge < -0.3 is 14.9 Å². The van der Waals surface area contributed by atoms with Gasteiger partial charge in [-0.1, -0.05) is 18.2 Å². The molecule has 1 aromatic carbocycles. The van der Waals surface area contributed by atoms with Crippen LogP contribution in [0.25, 0.3) is 33.5 Å². The number of H-pyrrole nitrogens is 1. The van der Waals surface area contributed by atoms with Gasteiger partial charge >= 0.3 is 0 Å². The zero-order valence-corrected chi connectivity index (χ0v) is 15.7. The summed E-state index contributed by atoms with van der Waals surface area (Å²) < 4.78 is 2.42. The summed E-state index contributed by atoms with van der Waals surface area (Å²) in [6, 6.07) is 12.6. The van der Waals surface area contributed by atoms with Crippen molar-refractivity contribution >= 4 is 21.9 Å². The number of aromatic amines is 1. The zero-order chi connectivity index (χ0) is 18.2. The molecule has 138 valence electrons. The van der Waals surface area contributed by atoms with Crippen molar-refractivity contribution in [3.63, 3.8) is 0 Å². The molecule has 0 unspecified atom stereocenters. The Morgan fingerprint density at radius 2 is 1.93 bits per heavy atom. The number of imidazole rings is 1. The summed E-state index contributed by atoms with van der Waals surface area (Å²) in [6.45, 7) is 5.34. The lowest BCUT2D eigenvalue weighted by Gasteiger charge is -2.23. The molecule has 0 spiro atoms. The highest BCUT2D eigenvalue weighted by atomic mass is 15.1. The van der Waals surface area contributed by atoms with Crippen molar-refractivity contribution in [2.24, 2.45) is 5.92 Å². The van der Waals surface area contributed by atoms with Crippen LogP contribution in [0.5, 0.6) is 0 Å². The van der Waals surface area contributed by atoms with Gasteiger partial charge in [0.25, 0.3) is 0 Å². The standard InChI is InChI=1S/C22H25N5/c1-15-20-21(17-5-2-3-6-18(17)25-15)27(14-10-16-8-12-23-13-9-16)22(26-20)19-7-4-11-24-19/h2-7,11,16,23-24H,8-10,12-14H2,1H3. The number of benzene rings is 1. The summed E-state index contributed by atoms with van der Waals surface area (Å²) in [4.78, 5) is 13.2. The summed E-state index contributed by atoms with van der Waals surface area (Å²) in [7, 11) is 0. The van der Waals surface area contributed by atoms with Gasteiger partial charge in [0.15, 0.2) is 5.82 Å². The summed E-state index contributed by atoms with van der Waals surface area (Å²) in [5.41, 5.74) is 5.35. The molecule has 1 aliphatic rings. The fourth-order valence-electron chi connectivity index (χ4n) is 4.36. The van der Waals surface area contributed by atoms with Crippen molar-refractivity contribution in [2.75, 3.05) is 13.1 Å². The Morgan fingerprint density at radius 1 is 1.07 bits per heavy atom. The Kier molecular flexibility index (Phi) is 4.17. The van der Waals surface area contributed by atoms with E-state index in [0.29, 0.717) is 0 Å². The van der Waals surface area contributed by atoms with Gasteiger partial charge in [-0.2, -0.15) is 0 Å². The lowest BCUT2D eigenvalue weighted by atomic mass is 9.94. The summed E-state index contributed by atoms with van der Waals surface area (Å²) in [6.07, 6.45) is 5.70.